The zero-order valence-electron chi connectivity index (χ0n) is 13.6. The Labute approximate surface area is 139 Å². The number of nitrogens with zero attached hydrogens (tertiary/aromatic N) is 2. The highest BCUT2D eigenvalue weighted by atomic mass is 16.5. The molecule has 7 nitrogen and oxygen atoms in total. The molecular formula is C17H19N3O4. The Morgan fingerprint density at radius 1 is 1.33 bits per heavy atom. The molecule has 0 aliphatic carbocycles. The molecule has 0 spiro atoms. The van der Waals surface area contributed by atoms with E-state index >= 15 is 0 Å². The van der Waals surface area contributed by atoms with Crippen LogP contribution in [0.5, 0.6) is 0 Å². The lowest BCUT2D eigenvalue weighted by Crippen LogP contribution is -2.42. The number of para-hydroxylation sites is 1. The minimum absolute atomic E-state index is 0.0170. The maximum absolute atomic E-state index is 12.2. The zero-order valence-corrected chi connectivity index (χ0v) is 13.6. The van der Waals surface area contributed by atoms with Crippen LogP contribution in [0.3, 0.4) is 0 Å². The van der Waals surface area contributed by atoms with E-state index in [0.717, 1.165) is 21.5 Å². The van der Waals surface area contributed by atoms with Gasteiger partial charge in [-0.15, -0.1) is 0 Å². The summed E-state index contributed by atoms with van der Waals surface area (Å²) < 4.78 is 7.06. The first-order valence-electron chi connectivity index (χ1n) is 7.81. The van der Waals surface area contributed by atoms with Crippen molar-refractivity contribution in [2.75, 3.05) is 13.1 Å². The summed E-state index contributed by atoms with van der Waals surface area (Å²) in [5.41, 5.74) is 1.87. The van der Waals surface area contributed by atoms with E-state index in [1.54, 1.807) is 0 Å². The van der Waals surface area contributed by atoms with Gasteiger partial charge in [-0.3, -0.25) is 14.5 Å². The monoisotopic (exact) mass is 329 g/mol. The topological polar surface area (TPSA) is 80.6 Å². The zero-order chi connectivity index (χ0) is 17.3. The van der Waals surface area contributed by atoms with Crippen LogP contribution in [-0.4, -0.2) is 46.6 Å². The minimum Gasteiger partial charge on any atom is -0.451 e. The van der Waals surface area contributed by atoms with Crippen LogP contribution >= 0.6 is 0 Å². The molecule has 0 bridgehead atoms. The lowest BCUT2D eigenvalue weighted by molar-refractivity contribution is -0.158. The number of esters is 1. The highest BCUT2D eigenvalue weighted by Gasteiger charge is 2.31. The lowest BCUT2D eigenvalue weighted by Gasteiger charge is -2.18. The second-order valence-electron chi connectivity index (χ2n) is 5.78. The fourth-order valence-electron chi connectivity index (χ4n) is 2.87. The molecule has 1 fully saturated rings. The van der Waals surface area contributed by atoms with Gasteiger partial charge in [-0.05, 0) is 31.4 Å². The van der Waals surface area contributed by atoms with Gasteiger partial charge in [-0.25, -0.2) is 4.79 Å². The van der Waals surface area contributed by atoms with E-state index in [0.29, 0.717) is 13.1 Å². The molecule has 1 aromatic heterocycles. The Kier molecular flexibility index (Phi) is 4.24. The van der Waals surface area contributed by atoms with Gasteiger partial charge in [0.1, 0.15) is 6.54 Å². The number of imide groups is 1. The van der Waals surface area contributed by atoms with Gasteiger partial charge < -0.3 is 14.6 Å². The summed E-state index contributed by atoms with van der Waals surface area (Å²) in [6.45, 7) is 4.12. The summed E-state index contributed by atoms with van der Waals surface area (Å²) in [5, 5.41) is 3.59. The Morgan fingerprint density at radius 2 is 2.08 bits per heavy atom. The predicted molar refractivity (Wildman–Crippen MR) is 87.3 cm³/mol. The van der Waals surface area contributed by atoms with Crippen molar-refractivity contribution in [1.29, 1.82) is 0 Å². The van der Waals surface area contributed by atoms with Crippen LogP contribution in [0.2, 0.25) is 0 Å². The van der Waals surface area contributed by atoms with Crippen molar-refractivity contribution in [3.8, 4) is 0 Å². The van der Waals surface area contributed by atoms with Gasteiger partial charge in [0.25, 0.3) is 5.91 Å². The number of hydrogen-bond donors (Lipinski definition) is 1. The van der Waals surface area contributed by atoms with Gasteiger partial charge in [0, 0.05) is 24.3 Å². The minimum atomic E-state index is -0.997. The van der Waals surface area contributed by atoms with Gasteiger partial charge in [0.15, 0.2) is 6.10 Å². The van der Waals surface area contributed by atoms with Gasteiger partial charge in [-0.2, -0.15) is 0 Å². The Balaban J connectivity index is 1.67. The predicted octanol–water partition coefficient (Wildman–Crippen LogP) is 1.43. The average molecular weight is 329 g/mol. The molecule has 1 N–H and O–H groups in total. The number of nitrogens with one attached hydrogen (secondary N) is 1. The molecule has 3 amide bonds. The molecule has 1 saturated heterocycles. The number of hydrogen-bond acceptors (Lipinski definition) is 4. The van der Waals surface area contributed by atoms with Crippen molar-refractivity contribution in [2.24, 2.45) is 0 Å². The van der Waals surface area contributed by atoms with Crippen molar-refractivity contribution in [3.05, 3.63) is 36.0 Å². The van der Waals surface area contributed by atoms with E-state index in [-0.39, 0.29) is 6.54 Å². The number of benzene rings is 1. The Morgan fingerprint density at radius 3 is 2.79 bits per heavy atom. The Bertz CT molecular complexity index is 811. The molecule has 0 radical (unpaired) electrons. The summed E-state index contributed by atoms with van der Waals surface area (Å²) in [5.74, 6) is -1.02. The molecule has 7 heteroatoms. The Hall–Kier alpha value is -2.83. The van der Waals surface area contributed by atoms with Gasteiger partial charge >= 0.3 is 12.0 Å². The third kappa shape index (κ3) is 2.97. The molecule has 1 aromatic carbocycles. The van der Waals surface area contributed by atoms with E-state index in [4.69, 9.17) is 4.74 Å². The fourth-order valence-corrected chi connectivity index (χ4v) is 2.87. The first kappa shape index (κ1) is 16.0. The van der Waals surface area contributed by atoms with Crippen molar-refractivity contribution >= 4 is 28.8 Å². The molecule has 1 atom stereocenters. The molecule has 1 aliphatic heterocycles. The standard InChI is InChI=1S/C17H19N3O4/c1-11-9-13-5-3-4-6-14(13)20(11)10-15(21)24-12(2)16(22)19-8-7-18-17(19)23/h3-6,9,12H,7-8,10H2,1-2H3,(H,18,23)/t12-/m0/s1. The first-order valence-corrected chi connectivity index (χ1v) is 7.81. The molecule has 24 heavy (non-hydrogen) atoms. The molecule has 3 rings (SSSR count). The molecule has 2 aromatic rings. The van der Waals surface area contributed by atoms with E-state index in [9.17, 15) is 14.4 Å². The average Bonchev–Trinajstić information content (AvgIpc) is 3.10. The van der Waals surface area contributed by atoms with Crippen molar-refractivity contribution < 1.29 is 19.1 Å². The lowest BCUT2D eigenvalue weighted by atomic mass is 10.2. The maximum atomic E-state index is 12.2. The highest BCUT2D eigenvalue weighted by molar-refractivity contribution is 5.98. The summed E-state index contributed by atoms with van der Waals surface area (Å²) in [6, 6.07) is 9.29. The van der Waals surface area contributed by atoms with E-state index in [2.05, 4.69) is 5.32 Å². The number of fused-ring (bicyclic) bond motifs is 1. The second-order valence-corrected chi connectivity index (χ2v) is 5.78. The SMILES string of the molecule is Cc1cc2ccccc2n1CC(=O)O[C@@H](C)C(=O)N1CCNC1=O. The van der Waals surface area contributed by atoms with Crippen LogP contribution in [0.4, 0.5) is 4.79 Å². The molecule has 1 aliphatic rings. The number of carbonyl (C=O) groups excluding carboxylic acids is 3. The van der Waals surface area contributed by atoms with Crippen molar-refractivity contribution in [1.82, 2.24) is 14.8 Å². The van der Waals surface area contributed by atoms with Gasteiger partial charge in [-0.1, -0.05) is 18.2 Å². The van der Waals surface area contributed by atoms with Crippen LogP contribution < -0.4 is 5.32 Å². The molecule has 2 heterocycles. The summed E-state index contributed by atoms with van der Waals surface area (Å²) in [4.78, 5) is 36.9. The largest absolute Gasteiger partial charge is 0.451 e. The first-order chi connectivity index (χ1) is 11.5. The third-order valence-corrected chi connectivity index (χ3v) is 4.08. The van der Waals surface area contributed by atoms with E-state index in [1.165, 1.54) is 6.92 Å². The summed E-state index contributed by atoms with van der Waals surface area (Å²) >= 11 is 0. The fraction of sp³-hybridized carbons (Fsp3) is 0.353. The van der Waals surface area contributed by atoms with E-state index in [1.807, 2.05) is 41.8 Å². The van der Waals surface area contributed by atoms with Crippen LogP contribution in [0.1, 0.15) is 12.6 Å². The van der Waals surface area contributed by atoms with Crippen LogP contribution in [0.15, 0.2) is 30.3 Å². The van der Waals surface area contributed by atoms with Gasteiger partial charge in [0.2, 0.25) is 0 Å². The highest BCUT2D eigenvalue weighted by Crippen LogP contribution is 2.19. The second kappa shape index (κ2) is 6.35. The smallest absolute Gasteiger partial charge is 0.326 e. The number of amides is 3. The molecule has 0 saturated carbocycles. The number of ether oxygens (including phenoxy) is 1. The van der Waals surface area contributed by atoms with Crippen molar-refractivity contribution in [3.63, 3.8) is 0 Å². The van der Waals surface area contributed by atoms with Crippen molar-refractivity contribution in [2.45, 2.75) is 26.5 Å². The van der Waals surface area contributed by atoms with Crippen LogP contribution in [0, 0.1) is 6.92 Å². The normalized spacial score (nSPS) is 15.4. The van der Waals surface area contributed by atoms with Crippen LogP contribution in [-0.2, 0) is 20.9 Å². The van der Waals surface area contributed by atoms with Gasteiger partial charge in [0.05, 0.1) is 0 Å². The molecule has 126 valence electrons. The number of aromatic nitrogens is 1. The molecular weight excluding hydrogens is 310 g/mol. The van der Waals surface area contributed by atoms with E-state index < -0.39 is 24.0 Å². The van der Waals surface area contributed by atoms with Crippen LogP contribution in [0.25, 0.3) is 10.9 Å². The number of aryl methyl sites for hydroxylation is 1. The maximum Gasteiger partial charge on any atom is 0.326 e. The third-order valence-electron chi connectivity index (χ3n) is 4.08. The quantitative estimate of drug-likeness (QED) is 0.861. The molecule has 0 unspecified atom stereocenters. The number of rotatable bonds is 4. The number of carbonyl (C=O) groups is 3. The summed E-state index contributed by atoms with van der Waals surface area (Å²) in [6.07, 6.45) is -0.997. The summed E-state index contributed by atoms with van der Waals surface area (Å²) in [7, 11) is 0. The number of urea groups is 1.